The Morgan fingerprint density at radius 2 is 1.48 bits per heavy atom. The van der Waals surface area contributed by atoms with Gasteiger partial charge in [-0.05, 0) is 66.5 Å². The van der Waals surface area contributed by atoms with E-state index < -0.39 is 31.7 Å². The molecule has 0 aromatic carbocycles. The van der Waals surface area contributed by atoms with Gasteiger partial charge in [-0.3, -0.25) is 19.2 Å². The molecule has 13 nitrogen and oxygen atoms in total. The molecule has 0 bridgehead atoms. The van der Waals surface area contributed by atoms with Crippen LogP contribution in [0, 0.1) is 11.8 Å². The van der Waals surface area contributed by atoms with Gasteiger partial charge in [0.1, 0.15) is 12.5 Å². The van der Waals surface area contributed by atoms with Gasteiger partial charge in [-0.2, -0.15) is 5.10 Å². The van der Waals surface area contributed by atoms with Crippen molar-refractivity contribution >= 4 is 76.8 Å². The molecule has 4 amide bonds. The molecule has 4 atom stereocenters. The van der Waals surface area contributed by atoms with Crippen molar-refractivity contribution in [1.29, 1.82) is 0 Å². The van der Waals surface area contributed by atoms with Crippen molar-refractivity contribution in [3.05, 3.63) is 57.2 Å². The molecule has 6 rings (SSSR count). The van der Waals surface area contributed by atoms with Crippen LogP contribution in [0.3, 0.4) is 0 Å². The van der Waals surface area contributed by atoms with Gasteiger partial charge < -0.3 is 31.3 Å². The van der Waals surface area contributed by atoms with Crippen LogP contribution in [0.1, 0.15) is 61.4 Å². The van der Waals surface area contributed by atoms with E-state index in [9.17, 15) is 19.2 Å². The monoisotopic (exact) mass is 766 g/mol. The minimum absolute atomic E-state index is 0.0196. The summed E-state index contributed by atoms with van der Waals surface area (Å²) < 4.78 is 7.51. The molecule has 4 aromatic rings. The molecule has 280 valence electrons. The Labute approximate surface area is 313 Å². The zero-order valence-electron chi connectivity index (χ0n) is 30.5. The molecule has 2 aliphatic rings. The molecule has 2 fully saturated rings. The first-order chi connectivity index (χ1) is 24.7. The molecule has 5 N–H and O–H groups in total. The van der Waals surface area contributed by atoms with Gasteiger partial charge in [0.25, 0.3) is 0 Å². The molecule has 52 heavy (non-hydrogen) atoms. The molecule has 0 radical (unpaired) electrons. The lowest BCUT2D eigenvalue weighted by Gasteiger charge is -2.37. The number of nitrogens with zero attached hydrogens (tertiary/aromatic N) is 5. The summed E-state index contributed by atoms with van der Waals surface area (Å²) in [5.41, 5.74) is 12.1. The standard InChI is InChI=1S/C24H34N6O3SSi.C12H16N2O2S/c1-16-7-8-19(20-6-5-10-34-20)29(14-16)24(32)23(31)28-18-13-26-22(25)17-12-27-30(21(17)18)15-33-9-11-35(2,3)4;1-8-4-5-9(10-3-2-6-17-10)14(7-8)12(16)11(13)15/h5-6,10,12-13,16,19H,7-9,11,14-15H2,1-4H3,(H2,25,26)(H,28,31);2-3,6,8-9H,4-5,7H2,1H3,(H2,13,15)/t16-,19+;8-,9+/m00/s1. The van der Waals surface area contributed by atoms with Crippen molar-refractivity contribution in [3.8, 4) is 0 Å². The number of rotatable bonds is 8. The molecule has 6 heterocycles. The number of amides is 4. The Bertz CT molecular complexity index is 1840. The van der Waals surface area contributed by atoms with Crippen LogP contribution in [0.15, 0.2) is 47.4 Å². The van der Waals surface area contributed by atoms with Gasteiger partial charge in [0.15, 0.2) is 0 Å². The second-order valence-electron chi connectivity index (χ2n) is 15.0. The first-order valence-electron chi connectivity index (χ1n) is 17.7. The number of thiophene rings is 2. The van der Waals surface area contributed by atoms with Gasteiger partial charge in [-0.15, -0.1) is 22.7 Å². The second-order valence-corrected chi connectivity index (χ2v) is 22.6. The van der Waals surface area contributed by atoms with Crippen LogP contribution in [0.2, 0.25) is 25.7 Å². The third-order valence-electron chi connectivity index (χ3n) is 9.47. The highest BCUT2D eigenvalue weighted by molar-refractivity contribution is 7.10. The average Bonchev–Trinajstić information content (AvgIpc) is 3.91. The number of primary amides is 1. The van der Waals surface area contributed by atoms with E-state index in [4.69, 9.17) is 16.2 Å². The predicted octanol–water partition coefficient (Wildman–Crippen LogP) is 5.86. The third-order valence-corrected chi connectivity index (χ3v) is 13.1. The smallest absolute Gasteiger partial charge is 0.314 e. The lowest BCUT2D eigenvalue weighted by Crippen LogP contribution is -2.46. The Morgan fingerprint density at radius 1 is 0.904 bits per heavy atom. The SMILES string of the molecule is C[C@H]1CC[C@H](c2cccs2)N(C(=O)C(=O)Nc2cnc(N)c3cnn(COCC[Si](C)(C)C)c23)C1.C[C@H]1CC[C@H](c2cccs2)N(C(=O)C(N)=O)C1. The number of pyridine rings is 1. The number of nitrogens with one attached hydrogen (secondary N) is 1. The molecule has 16 heteroatoms. The zero-order valence-corrected chi connectivity index (χ0v) is 33.2. The van der Waals surface area contributed by atoms with Crippen LogP contribution in [0.5, 0.6) is 0 Å². The van der Waals surface area contributed by atoms with Crippen molar-refractivity contribution < 1.29 is 23.9 Å². The number of hydrogen-bond donors (Lipinski definition) is 3. The van der Waals surface area contributed by atoms with E-state index in [-0.39, 0.29) is 18.8 Å². The number of aromatic nitrogens is 3. The van der Waals surface area contributed by atoms with Crippen LogP contribution >= 0.6 is 22.7 Å². The van der Waals surface area contributed by atoms with E-state index in [0.29, 0.717) is 53.9 Å². The maximum Gasteiger partial charge on any atom is 0.314 e. The lowest BCUT2D eigenvalue weighted by atomic mass is 9.93. The van der Waals surface area contributed by atoms with Crippen LogP contribution in [0.4, 0.5) is 11.5 Å². The molecule has 0 saturated carbocycles. The van der Waals surface area contributed by atoms with Gasteiger partial charge in [-0.1, -0.05) is 45.6 Å². The summed E-state index contributed by atoms with van der Waals surface area (Å²) in [6, 6.07) is 8.94. The van der Waals surface area contributed by atoms with Crippen molar-refractivity contribution in [2.24, 2.45) is 17.6 Å². The van der Waals surface area contributed by atoms with E-state index in [1.54, 1.807) is 43.4 Å². The quantitative estimate of drug-likeness (QED) is 0.113. The third kappa shape index (κ3) is 9.64. The fourth-order valence-electron chi connectivity index (χ4n) is 6.60. The lowest BCUT2D eigenvalue weighted by molar-refractivity contribution is -0.147. The molecule has 2 aliphatic heterocycles. The highest BCUT2D eigenvalue weighted by Gasteiger charge is 2.36. The number of nitrogen functional groups attached to an aromatic ring is 1. The minimum atomic E-state index is -1.22. The number of likely N-dealkylation sites (tertiary alicyclic amines) is 2. The fourth-order valence-corrected chi connectivity index (χ4v) is 9.10. The molecular weight excluding hydrogens is 717 g/mol. The van der Waals surface area contributed by atoms with Gasteiger partial charge in [0, 0.05) is 37.5 Å². The minimum Gasteiger partial charge on any atom is -0.383 e. The summed E-state index contributed by atoms with van der Waals surface area (Å²) in [6.07, 6.45) is 6.92. The van der Waals surface area contributed by atoms with Crippen molar-refractivity contribution in [3.63, 3.8) is 0 Å². The van der Waals surface area contributed by atoms with E-state index >= 15 is 0 Å². The van der Waals surface area contributed by atoms with Gasteiger partial charge in [0.2, 0.25) is 0 Å². The van der Waals surface area contributed by atoms with Crippen molar-refractivity contribution in [1.82, 2.24) is 24.6 Å². The number of fused-ring (bicyclic) bond motifs is 1. The summed E-state index contributed by atoms with van der Waals surface area (Å²) in [5.74, 6) is -1.59. The Balaban J connectivity index is 0.000000257. The molecular formula is C36H50N8O5S2Si. The highest BCUT2D eigenvalue weighted by atomic mass is 32.1. The summed E-state index contributed by atoms with van der Waals surface area (Å²) in [4.78, 5) is 59.1. The topological polar surface area (TPSA) is 179 Å². The first-order valence-corrected chi connectivity index (χ1v) is 23.2. The van der Waals surface area contributed by atoms with Crippen molar-refractivity contribution in [2.75, 3.05) is 30.7 Å². The molecule has 0 spiro atoms. The summed E-state index contributed by atoms with van der Waals surface area (Å²) in [5, 5.41) is 11.8. The number of carbonyl (C=O) groups is 4. The maximum atomic E-state index is 13.3. The maximum absolute atomic E-state index is 13.3. The first kappa shape index (κ1) is 39.1. The van der Waals surface area contributed by atoms with Crippen LogP contribution in [-0.4, -0.2) is 76.0 Å². The van der Waals surface area contributed by atoms with Crippen LogP contribution in [-0.2, 0) is 30.6 Å². The Kier molecular flexibility index (Phi) is 12.9. The fraction of sp³-hybridized carbons (Fsp3) is 0.500. The number of nitrogens with two attached hydrogens (primary N) is 2. The van der Waals surface area contributed by atoms with E-state index in [0.717, 1.165) is 41.5 Å². The number of ether oxygens (including phenoxy) is 1. The zero-order chi connectivity index (χ0) is 37.6. The van der Waals surface area contributed by atoms with E-state index in [2.05, 4.69) is 48.9 Å². The highest BCUT2D eigenvalue weighted by Crippen LogP contribution is 2.37. The predicted molar refractivity (Wildman–Crippen MR) is 208 cm³/mol. The summed E-state index contributed by atoms with van der Waals surface area (Å²) in [6.45, 7) is 13.1. The Hall–Kier alpha value is -4.12. The molecule has 4 aromatic heterocycles. The summed E-state index contributed by atoms with van der Waals surface area (Å²) in [7, 11) is -1.22. The second kappa shape index (κ2) is 17.1. The van der Waals surface area contributed by atoms with Crippen LogP contribution < -0.4 is 16.8 Å². The Morgan fingerprint density at radius 3 is 2.00 bits per heavy atom. The number of piperidine rings is 2. The number of anilines is 2. The largest absolute Gasteiger partial charge is 0.383 e. The van der Waals surface area contributed by atoms with Crippen LogP contribution in [0.25, 0.3) is 10.9 Å². The van der Waals surface area contributed by atoms with Gasteiger partial charge >= 0.3 is 23.6 Å². The summed E-state index contributed by atoms with van der Waals surface area (Å²) >= 11 is 3.23. The molecule has 0 aliphatic carbocycles. The normalized spacial score (nSPS) is 20.6. The molecule has 0 unspecified atom stereocenters. The number of carbonyl (C=O) groups excluding carboxylic acids is 4. The van der Waals surface area contributed by atoms with Crippen molar-refractivity contribution in [2.45, 2.75) is 84.0 Å². The van der Waals surface area contributed by atoms with Gasteiger partial charge in [-0.25, -0.2) is 9.67 Å². The number of hydrogen-bond acceptors (Lipinski definition) is 10. The van der Waals surface area contributed by atoms with E-state index in [1.807, 2.05) is 35.0 Å². The molecule has 2 saturated heterocycles. The van der Waals surface area contributed by atoms with E-state index in [1.165, 1.54) is 6.20 Å². The average molecular weight is 767 g/mol. The van der Waals surface area contributed by atoms with Gasteiger partial charge in [0.05, 0.1) is 41.1 Å².